The maximum atomic E-state index is 12.4. The molecule has 5 heteroatoms. The summed E-state index contributed by atoms with van der Waals surface area (Å²) in [5.74, 6) is -0.198. The summed E-state index contributed by atoms with van der Waals surface area (Å²) in [6.45, 7) is 1.94. The summed E-state index contributed by atoms with van der Waals surface area (Å²) in [5, 5.41) is 3.78. The van der Waals surface area contributed by atoms with Crippen molar-refractivity contribution in [2.24, 2.45) is 5.92 Å². The van der Waals surface area contributed by atoms with E-state index in [0.717, 1.165) is 23.7 Å². The first-order valence-corrected chi connectivity index (χ1v) is 9.25. The van der Waals surface area contributed by atoms with Gasteiger partial charge in [-0.3, -0.25) is 4.79 Å². The number of carbonyl (C=O) groups excluding carboxylic acids is 2. The molecule has 2 aromatic carbocycles. The predicted molar refractivity (Wildman–Crippen MR) is 105 cm³/mol. The minimum Gasteiger partial charge on any atom is -0.452 e. The van der Waals surface area contributed by atoms with Crippen molar-refractivity contribution >= 4 is 28.5 Å². The van der Waals surface area contributed by atoms with Gasteiger partial charge in [0.15, 0.2) is 6.61 Å². The van der Waals surface area contributed by atoms with E-state index in [1.807, 2.05) is 30.3 Å². The lowest BCUT2D eigenvalue weighted by molar-refractivity contribution is -0.119. The Labute approximate surface area is 157 Å². The van der Waals surface area contributed by atoms with Crippen LogP contribution in [0.2, 0.25) is 0 Å². The molecule has 1 aliphatic carbocycles. The molecular formula is C22H22N2O3. The maximum Gasteiger partial charge on any atom is 0.338 e. The van der Waals surface area contributed by atoms with Gasteiger partial charge in [-0.15, -0.1) is 0 Å². The molecule has 2 N–H and O–H groups in total. The summed E-state index contributed by atoms with van der Waals surface area (Å²) >= 11 is 0. The van der Waals surface area contributed by atoms with E-state index in [2.05, 4.69) is 17.2 Å². The highest BCUT2D eigenvalue weighted by atomic mass is 16.5. The van der Waals surface area contributed by atoms with E-state index in [-0.39, 0.29) is 12.5 Å². The zero-order valence-corrected chi connectivity index (χ0v) is 15.2. The standard InChI is InChI=1S/C22H22N2O3/c1-14-7-9-19-17(11-14)18-12-15(8-10-20(18)24-19)22(26)27-13-21(25)23-16-5-3-2-4-6-16/h2-6,8,10,12,14,24H,7,9,11,13H2,1H3,(H,23,25). The number of nitrogens with one attached hydrogen (secondary N) is 2. The van der Waals surface area contributed by atoms with E-state index in [1.165, 1.54) is 17.7 Å². The van der Waals surface area contributed by atoms with E-state index >= 15 is 0 Å². The summed E-state index contributed by atoms with van der Waals surface area (Å²) < 4.78 is 5.19. The van der Waals surface area contributed by atoms with E-state index < -0.39 is 5.97 Å². The van der Waals surface area contributed by atoms with Crippen LogP contribution in [-0.2, 0) is 22.4 Å². The number of anilines is 1. The molecule has 0 fully saturated rings. The number of aromatic nitrogens is 1. The molecule has 3 aromatic rings. The van der Waals surface area contributed by atoms with Crippen LogP contribution in [0, 0.1) is 5.92 Å². The van der Waals surface area contributed by atoms with Crippen LogP contribution < -0.4 is 5.32 Å². The Hall–Kier alpha value is -3.08. The van der Waals surface area contributed by atoms with Crippen molar-refractivity contribution in [1.82, 2.24) is 4.98 Å². The molecular weight excluding hydrogens is 340 g/mol. The minimum absolute atomic E-state index is 0.311. The van der Waals surface area contributed by atoms with Crippen molar-refractivity contribution in [3.8, 4) is 0 Å². The van der Waals surface area contributed by atoms with Gasteiger partial charge in [0.1, 0.15) is 0 Å². The van der Waals surface area contributed by atoms with Gasteiger partial charge in [0, 0.05) is 22.3 Å². The van der Waals surface area contributed by atoms with Crippen molar-refractivity contribution in [3.05, 3.63) is 65.4 Å². The van der Waals surface area contributed by atoms with E-state index in [9.17, 15) is 9.59 Å². The number of rotatable bonds is 4. The topological polar surface area (TPSA) is 71.2 Å². The molecule has 1 aromatic heterocycles. The maximum absolute atomic E-state index is 12.4. The summed E-state index contributed by atoms with van der Waals surface area (Å²) in [5.41, 5.74) is 4.77. The van der Waals surface area contributed by atoms with Crippen molar-refractivity contribution in [2.75, 3.05) is 11.9 Å². The smallest absolute Gasteiger partial charge is 0.338 e. The molecule has 1 atom stereocenters. The summed E-state index contributed by atoms with van der Waals surface area (Å²) in [6, 6.07) is 14.6. The fraction of sp³-hybridized carbons (Fsp3) is 0.273. The van der Waals surface area contributed by atoms with E-state index in [4.69, 9.17) is 4.74 Å². The number of esters is 1. The van der Waals surface area contributed by atoms with Crippen molar-refractivity contribution < 1.29 is 14.3 Å². The fourth-order valence-corrected chi connectivity index (χ4v) is 3.65. The monoisotopic (exact) mass is 362 g/mol. The Morgan fingerprint density at radius 3 is 2.81 bits per heavy atom. The quantitative estimate of drug-likeness (QED) is 0.687. The van der Waals surface area contributed by atoms with Crippen LogP contribution in [0.1, 0.15) is 35.0 Å². The number of ether oxygens (including phenoxy) is 1. The van der Waals surface area contributed by atoms with Crippen molar-refractivity contribution in [2.45, 2.75) is 26.2 Å². The minimum atomic E-state index is -0.487. The molecule has 0 aliphatic heterocycles. The largest absolute Gasteiger partial charge is 0.452 e. The summed E-state index contributed by atoms with van der Waals surface area (Å²) in [7, 11) is 0. The molecule has 138 valence electrons. The highest BCUT2D eigenvalue weighted by Gasteiger charge is 2.21. The number of H-pyrrole nitrogens is 1. The Morgan fingerprint density at radius 2 is 2.00 bits per heavy atom. The van der Waals surface area contributed by atoms with Gasteiger partial charge in [-0.05, 0) is 61.1 Å². The highest BCUT2D eigenvalue weighted by Crippen LogP contribution is 2.32. The Bertz CT molecular complexity index is 991. The molecule has 1 amide bonds. The van der Waals surface area contributed by atoms with Crippen LogP contribution in [-0.4, -0.2) is 23.5 Å². The molecule has 1 unspecified atom stereocenters. The number of carbonyl (C=O) groups is 2. The first-order valence-electron chi connectivity index (χ1n) is 9.25. The second kappa shape index (κ2) is 7.27. The van der Waals surface area contributed by atoms with Crippen LogP contribution in [0.4, 0.5) is 5.69 Å². The Kier molecular flexibility index (Phi) is 4.67. The third kappa shape index (κ3) is 3.72. The third-order valence-corrected chi connectivity index (χ3v) is 5.06. The molecule has 0 saturated heterocycles. The van der Waals surface area contributed by atoms with E-state index in [0.29, 0.717) is 17.2 Å². The lowest BCUT2D eigenvalue weighted by Gasteiger charge is -2.18. The normalized spacial score (nSPS) is 16.0. The number of aryl methyl sites for hydroxylation is 1. The second-order valence-electron chi connectivity index (χ2n) is 7.18. The van der Waals surface area contributed by atoms with Gasteiger partial charge in [-0.1, -0.05) is 25.1 Å². The van der Waals surface area contributed by atoms with E-state index in [1.54, 1.807) is 18.2 Å². The summed E-state index contributed by atoms with van der Waals surface area (Å²) in [4.78, 5) is 27.8. The third-order valence-electron chi connectivity index (χ3n) is 5.06. The van der Waals surface area contributed by atoms with Crippen LogP contribution in [0.3, 0.4) is 0 Å². The molecule has 27 heavy (non-hydrogen) atoms. The number of hydrogen-bond acceptors (Lipinski definition) is 3. The molecule has 5 nitrogen and oxygen atoms in total. The van der Waals surface area contributed by atoms with Gasteiger partial charge >= 0.3 is 5.97 Å². The van der Waals surface area contributed by atoms with Gasteiger partial charge < -0.3 is 15.0 Å². The van der Waals surface area contributed by atoms with Gasteiger partial charge in [-0.2, -0.15) is 0 Å². The number of hydrogen-bond donors (Lipinski definition) is 2. The number of aromatic amines is 1. The number of para-hydroxylation sites is 1. The van der Waals surface area contributed by atoms with Gasteiger partial charge in [0.25, 0.3) is 5.91 Å². The average molecular weight is 362 g/mol. The SMILES string of the molecule is CC1CCc2[nH]c3ccc(C(=O)OCC(=O)Nc4ccccc4)cc3c2C1. The van der Waals surface area contributed by atoms with Gasteiger partial charge in [-0.25, -0.2) is 4.79 Å². The Balaban J connectivity index is 1.45. The predicted octanol–water partition coefficient (Wildman–Crippen LogP) is 4.09. The van der Waals surface area contributed by atoms with Gasteiger partial charge in [0.05, 0.1) is 5.56 Å². The zero-order chi connectivity index (χ0) is 18.8. The van der Waals surface area contributed by atoms with Gasteiger partial charge in [0.2, 0.25) is 0 Å². The van der Waals surface area contributed by atoms with Crippen LogP contribution >= 0.6 is 0 Å². The molecule has 0 bridgehead atoms. The molecule has 0 spiro atoms. The first kappa shape index (κ1) is 17.3. The van der Waals surface area contributed by atoms with Crippen LogP contribution in [0.15, 0.2) is 48.5 Å². The number of amides is 1. The second-order valence-corrected chi connectivity index (χ2v) is 7.18. The lowest BCUT2D eigenvalue weighted by atomic mass is 9.87. The molecule has 0 radical (unpaired) electrons. The van der Waals surface area contributed by atoms with Crippen molar-refractivity contribution in [3.63, 3.8) is 0 Å². The molecule has 0 saturated carbocycles. The first-order chi connectivity index (χ1) is 13.1. The number of fused-ring (bicyclic) bond motifs is 3. The van der Waals surface area contributed by atoms with Crippen molar-refractivity contribution in [1.29, 1.82) is 0 Å². The lowest BCUT2D eigenvalue weighted by Crippen LogP contribution is -2.20. The molecule has 1 heterocycles. The average Bonchev–Trinajstić information content (AvgIpc) is 3.04. The molecule has 4 rings (SSSR count). The fourth-order valence-electron chi connectivity index (χ4n) is 3.65. The van der Waals surface area contributed by atoms with Crippen LogP contribution in [0.25, 0.3) is 10.9 Å². The molecule has 1 aliphatic rings. The zero-order valence-electron chi connectivity index (χ0n) is 15.2. The highest BCUT2D eigenvalue weighted by molar-refractivity contribution is 5.98. The number of benzene rings is 2. The Morgan fingerprint density at radius 1 is 1.19 bits per heavy atom. The summed E-state index contributed by atoms with van der Waals surface area (Å²) in [6.07, 6.45) is 3.25. The van der Waals surface area contributed by atoms with Crippen LogP contribution in [0.5, 0.6) is 0 Å².